The highest BCUT2D eigenvalue weighted by Crippen LogP contribution is 2.27. The molecule has 0 aromatic rings. The Bertz CT molecular complexity index is 413. The van der Waals surface area contributed by atoms with Crippen LogP contribution in [-0.4, -0.2) is 60.4 Å². The van der Waals surface area contributed by atoms with E-state index in [4.69, 9.17) is 0 Å². The molecule has 2 aliphatic heterocycles. The molecule has 132 valence electrons. The van der Waals surface area contributed by atoms with Gasteiger partial charge in [0, 0.05) is 38.6 Å². The first-order valence-electron chi connectivity index (χ1n) is 9.02. The summed E-state index contributed by atoms with van der Waals surface area (Å²) in [6.07, 6.45) is 9.14. The molecule has 2 amide bonds. The second kappa shape index (κ2) is 8.88. The summed E-state index contributed by atoms with van der Waals surface area (Å²) in [6, 6.07) is 0.235. The number of carbonyl (C=O) groups is 2. The van der Waals surface area contributed by atoms with Crippen molar-refractivity contribution in [2.75, 3.05) is 32.7 Å². The molecule has 2 heterocycles. The molecule has 1 aliphatic carbocycles. The largest absolute Gasteiger partial charge is 0.341 e. The Balaban J connectivity index is 0.00000192. The van der Waals surface area contributed by atoms with E-state index in [0.717, 1.165) is 45.4 Å². The van der Waals surface area contributed by atoms with Crippen molar-refractivity contribution < 1.29 is 9.59 Å². The number of halogens is 1. The second-order valence-corrected chi connectivity index (χ2v) is 7.11. The number of hydrogen-bond acceptors (Lipinski definition) is 3. The van der Waals surface area contributed by atoms with Crippen LogP contribution in [0.5, 0.6) is 0 Å². The fourth-order valence-corrected chi connectivity index (χ4v) is 4.21. The maximum absolute atomic E-state index is 12.6. The predicted molar refractivity (Wildman–Crippen MR) is 92.6 cm³/mol. The maximum Gasteiger partial charge on any atom is 0.236 e. The lowest BCUT2D eigenvalue weighted by Crippen LogP contribution is -2.57. The molecule has 0 spiro atoms. The van der Waals surface area contributed by atoms with Crippen molar-refractivity contribution in [2.24, 2.45) is 5.92 Å². The summed E-state index contributed by atoms with van der Waals surface area (Å²) in [7, 11) is 0. The Morgan fingerprint density at radius 2 is 1.87 bits per heavy atom. The minimum Gasteiger partial charge on any atom is -0.341 e. The zero-order chi connectivity index (χ0) is 15.4. The number of piperidine rings is 1. The summed E-state index contributed by atoms with van der Waals surface area (Å²) in [4.78, 5) is 28.7. The molecule has 23 heavy (non-hydrogen) atoms. The lowest BCUT2D eigenvalue weighted by molar-refractivity contribution is -0.141. The summed E-state index contributed by atoms with van der Waals surface area (Å²) in [6.45, 7) is 3.73. The third-order valence-electron chi connectivity index (χ3n) is 5.50. The molecular weight excluding hydrogens is 314 g/mol. The summed E-state index contributed by atoms with van der Waals surface area (Å²) in [5, 5.41) is 3.12. The Labute approximate surface area is 145 Å². The summed E-state index contributed by atoms with van der Waals surface area (Å²) in [5.41, 5.74) is 0. The number of piperazine rings is 1. The SMILES string of the molecule is Cl.O=C(CC1CCCCC1)N1CCCC(N2CCNCC2=O)C1. The fourth-order valence-electron chi connectivity index (χ4n) is 4.21. The summed E-state index contributed by atoms with van der Waals surface area (Å²) < 4.78 is 0. The van der Waals surface area contributed by atoms with Gasteiger partial charge >= 0.3 is 0 Å². The van der Waals surface area contributed by atoms with Crippen LogP contribution in [0.1, 0.15) is 51.4 Å². The predicted octanol–water partition coefficient (Wildman–Crippen LogP) is 1.80. The first kappa shape index (κ1) is 18.5. The van der Waals surface area contributed by atoms with Crippen LogP contribution in [0.2, 0.25) is 0 Å². The van der Waals surface area contributed by atoms with E-state index in [1.165, 1.54) is 32.1 Å². The van der Waals surface area contributed by atoms with E-state index in [9.17, 15) is 9.59 Å². The number of likely N-dealkylation sites (tertiary alicyclic amines) is 1. The molecule has 2 saturated heterocycles. The lowest BCUT2D eigenvalue weighted by Gasteiger charge is -2.41. The molecule has 3 fully saturated rings. The molecule has 0 radical (unpaired) electrons. The number of carbonyl (C=O) groups excluding carboxylic acids is 2. The normalized spacial score (nSPS) is 26.8. The smallest absolute Gasteiger partial charge is 0.236 e. The number of nitrogens with zero attached hydrogens (tertiary/aromatic N) is 2. The zero-order valence-electron chi connectivity index (χ0n) is 14.0. The van der Waals surface area contributed by atoms with E-state index in [1.54, 1.807) is 0 Å². The Kier molecular flexibility index (Phi) is 7.15. The molecule has 3 aliphatic rings. The second-order valence-electron chi connectivity index (χ2n) is 7.11. The van der Waals surface area contributed by atoms with Crippen LogP contribution >= 0.6 is 12.4 Å². The van der Waals surface area contributed by atoms with Crippen LogP contribution in [0.15, 0.2) is 0 Å². The van der Waals surface area contributed by atoms with E-state index in [1.807, 2.05) is 9.80 Å². The molecule has 1 N–H and O–H groups in total. The van der Waals surface area contributed by atoms with E-state index >= 15 is 0 Å². The number of amides is 2. The Morgan fingerprint density at radius 3 is 2.61 bits per heavy atom. The third-order valence-corrected chi connectivity index (χ3v) is 5.50. The number of rotatable bonds is 3. The molecule has 5 nitrogen and oxygen atoms in total. The van der Waals surface area contributed by atoms with E-state index in [2.05, 4.69) is 5.32 Å². The molecule has 1 unspecified atom stereocenters. The van der Waals surface area contributed by atoms with Crippen molar-refractivity contribution in [3.8, 4) is 0 Å². The van der Waals surface area contributed by atoms with Crippen LogP contribution in [0.4, 0.5) is 0 Å². The van der Waals surface area contributed by atoms with Gasteiger partial charge in [-0.1, -0.05) is 19.3 Å². The average Bonchev–Trinajstić information content (AvgIpc) is 2.56. The molecule has 0 aromatic carbocycles. The van der Waals surface area contributed by atoms with Gasteiger partial charge in [0.05, 0.1) is 6.54 Å². The van der Waals surface area contributed by atoms with Gasteiger partial charge in [-0.2, -0.15) is 0 Å². The highest BCUT2D eigenvalue weighted by Gasteiger charge is 2.32. The lowest BCUT2D eigenvalue weighted by atomic mass is 9.86. The van der Waals surface area contributed by atoms with E-state index < -0.39 is 0 Å². The van der Waals surface area contributed by atoms with Crippen LogP contribution in [0, 0.1) is 5.92 Å². The van der Waals surface area contributed by atoms with E-state index in [-0.39, 0.29) is 24.4 Å². The topological polar surface area (TPSA) is 52.7 Å². The van der Waals surface area contributed by atoms with Gasteiger partial charge in [0.2, 0.25) is 11.8 Å². The van der Waals surface area contributed by atoms with Crippen LogP contribution in [0.3, 0.4) is 0 Å². The van der Waals surface area contributed by atoms with Crippen molar-refractivity contribution >= 4 is 24.2 Å². The third kappa shape index (κ3) is 4.83. The molecule has 6 heteroatoms. The molecule has 1 atom stereocenters. The number of hydrogen-bond donors (Lipinski definition) is 1. The van der Waals surface area contributed by atoms with Crippen LogP contribution < -0.4 is 5.32 Å². The first-order valence-corrected chi connectivity index (χ1v) is 9.02. The van der Waals surface area contributed by atoms with Gasteiger partial charge in [-0.05, 0) is 31.6 Å². The summed E-state index contributed by atoms with van der Waals surface area (Å²) in [5.74, 6) is 1.11. The minimum absolute atomic E-state index is 0. The van der Waals surface area contributed by atoms with Gasteiger partial charge in [-0.25, -0.2) is 0 Å². The van der Waals surface area contributed by atoms with Crippen molar-refractivity contribution in [3.63, 3.8) is 0 Å². The van der Waals surface area contributed by atoms with Crippen molar-refractivity contribution in [3.05, 3.63) is 0 Å². The minimum atomic E-state index is 0. The van der Waals surface area contributed by atoms with Gasteiger partial charge in [-0.3, -0.25) is 9.59 Å². The molecule has 1 saturated carbocycles. The van der Waals surface area contributed by atoms with Gasteiger partial charge in [0.15, 0.2) is 0 Å². The molecule has 0 bridgehead atoms. The van der Waals surface area contributed by atoms with Gasteiger partial charge < -0.3 is 15.1 Å². The molecule has 0 aromatic heterocycles. The zero-order valence-corrected chi connectivity index (χ0v) is 14.8. The summed E-state index contributed by atoms with van der Waals surface area (Å²) >= 11 is 0. The number of nitrogens with one attached hydrogen (secondary N) is 1. The standard InChI is InChI=1S/C17H29N3O2.ClH/c21-16(11-14-5-2-1-3-6-14)19-9-4-7-15(13-19)20-10-8-18-12-17(20)22;/h14-15,18H,1-13H2;1H. The Morgan fingerprint density at radius 1 is 1.09 bits per heavy atom. The van der Waals surface area contributed by atoms with Crippen molar-refractivity contribution in [1.29, 1.82) is 0 Å². The van der Waals surface area contributed by atoms with Gasteiger partial charge in [0.25, 0.3) is 0 Å². The van der Waals surface area contributed by atoms with Gasteiger partial charge in [-0.15, -0.1) is 12.4 Å². The van der Waals surface area contributed by atoms with Crippen LogP contribution in [0.25, 0.3) is 0 Å². The highest BCUT2D eigenvalue weighted by molar-refractivity contribution is 5.85. The highest BCUT2D eigenvalue weighted by atomic mass is 35.5. The quantitative estimate of drug-likeness (QED) is 0.850. The van der Waals surface area contributed by atoms with Crippen molar-refractivity contribution in [1.82, 2.24) is 15.1 Å². The fraction of sp³-hybridized carbons (Fsp3) is 0.882. The average molecular weight is 344 g/mol. The van der Waals surface area contributed by atoms with Gasteiger partial charge in [0.1, 0.15) is 0 Å². The Hall–Kier alpha value is -0.810. The van der Waals surface area contributed by atoms with E-state index in [0.29, 0.717) is 18.4 Å². The first-order chi connectivity index (χ1) is 10.7. The maximum atomic E-state index is 12.6. The molecular formula is C17H30ClN3O2. The van der Waals surface area contributed by atoms with Crippen molar-refractivity contribution in [2.45, 2.75) is 57.4 Å². The monoisotopic (exact) mass is 343 g/mol. The van der Waals surface area contributed by atoms with Crippen LogP contribution in [-0.2, 0) is 9.59 Å². The molecule has 3 rings (SSSR count).